The number of aromatic nitrogens is 3. The van der Waals surface area contributed by atoms with Crippen LogP contribution < -0.4 is 4.72 Å². The van der Waals surface area contributed by atoms with E-state index in [2.05, 4.69) is 19.9 Å². The molecule has 0 bridgehead atoms. The van der Waals surface area contributed by atoms with E-state index in [4.69, 9.17) is 16.7 Å². The maximum Gasteiger partial charge on any atom is 0.340 e. The van der Waals surface area contributed by atoms with E-state index in [9.17, 15) is 13.2 Å². The summed E-state index contributed by atoms with van der Waals surface area (Å²) in [4.78, 5) is 14.8. The van der Waals surface area contributed by atoms with Gasteiger partial charge in [0.2, 0.25) is 0 Å². The smallest absolute Gasteiger partial charge is 0.340 e. The number of carboxylic acid groups (broad SMARTS) is 1. The van der Waals surface area contributed by atoms with Crippen molar-refractivity contribution in [1.29, 1.82) is 0 Å². The van der Waals surface area contributed by atoms with Gasteiger partial charge in [-0.05, 0) is 19.1 Å². The van der Waals surface area contributed by atoms with E-state index >= 15 is 0 Å². The SMILES string of the molecule is Cc1nc(Cl)ccc1NS(=O)(=O)c1[nH]ncc1C(=O)O. The van der Waals surface area contributed by atoms with E-state index in [1.54, 1.807) is 6.92 Å². The number of carboxylic acids is 1. The highest BCUT2D eigenvalue weighted by Crippen LogP contribution is 2.21. The highest BCUT2D eigenvalue weighted by molar-refractivity contribution is 7.92. The van der Waals surface area contributed by atoms with Crippen LogP contribution >= 0.6 is 11.6 Å². The van der Waals surface area contributed by atoms with Crippen LogP contribution in [0.1, 0.15) is 16.1 Å². The Labute approximate surface area is 118 Å². The number of H-pyrrole nitrogens is 1. The molecular formula is C10H9ClN4O4S. The maximum atomic E-state index is 12.1. The Hall–Kier alpha value is -2.13. The molecule has 0 saturated heterocycles. The summed E-state index contributed by atoms with van der Waals surface area (Å²) in [5.74, 6) is -1.40. The summed E-state index contributed by atoms with van der Waals surface area (Å²) in [6, 6.07) is 2.84. The number of aryl methyl sites for hydroxylation is 1. The molecule has 0 aromatic carbocycles. The highest BCUT2D eigenvalue weighted by Gasteiger charge is 2.25. The van der Waals surface area contributed by atoms with E-state index in [1.807, 2.05) is 0 Å². The van der Waals surface area contributed by atoms with Crippen LogP contribution in [0.4, 0.5) is 5.69 Å². The van der Waals surface area contributed by atoms with Gasteiger partial charge in [0.15, 0.2) is 5.03 Å². The van der Waals surface area contributed by atoms with E-state index in [-0.39, 0.29) is 10.8 Å². The van der Waals surface area contributed by atoms with Crippen molar-refractivity contribution in [1.82, 2.24) is 15.2 Å². The number of anilines is 1. The first-order valence-corrected chi connectivity index (χ1v) is 7.10. The van der Waals surface area contributed by atoms with E-state index < -0.39 is 26.6 Å². The lowest BCUT2D eigenvalue weighted by atomic mass is 10.3. The summed E-state index contributed by atoms with van der Waals surface area (Å²) < 4.78 is 26.5. The number of sulfonamides is 1. The summed E-state index contributed by atoms with van der Waals surface area (Å²) in [6.45, 7) is 1.56. The van der Waals surface area contributed by atoms with Gasteiger partial charge in [-0.1, -0.05) is 11.6 Å². The average Bonchev–Trinajstić information content (AvgIpc) is 2.82. The highest BCUT2D eigenvalue weighted by atomic mass is 35.5. The predicted octanol–water partition coefficient (Wildman–Crippen LogP) is 1.27. The summed E-state index contributed by atoms with van der Waals surface area (Å²) in [5.41, 5.74) is 0.106. The molecule has 0 fully saturated rings. The number of hydrogen-bond acceptors (Lipinski definition) is 5. The third-order valence-electron chi connectivity index (χ3n) is 2.40. The molecule has 0 unspecified atom stereocenters. The molecule has 0 radical (unpaired) electrons. The van der Waals surface area contributed by atoms with Crippen LogP contribution in [0.5, 0.6) is 0 Å². The minimum absolute atomic E-state index is 0.195. The molecule has 2 aromatic heterocycles. The Bertz CT molecular complexity index is 771. The van der Waals surface area contributed by atoms with Crippen LogP contribution in [0.15, 0.2) is 23.4 Å². The zero-order valence-electron chi connectivity index (χ0n) is 10.1. The topological polar surface area (TPSA) is 125 Å². The number of halogens is 1. The molecule has 0 atom stereocenters. The fourth-order valence-electron chi connectivity index (χ4n) is 1.47. The normalized spacial score (nSPS) is 11.3. The van der Waals surface area contributed by atoms with Crippen LogP contribution in [0.25, 0.3) is 0 Å². The number of carbonyl (C=O) groups is 1. The fraction of sp³-hybridized carbons (Fsp3) is 0.100. The molecule has 106 valence electrons. The molecule has 0 spiro atoms. The van der Waals surface area contributed by atoms with E-state index in [0.29, 0.717) is 5.69 Å². The van der Waals surface area contributed by atoms with Gasteiger partial charge in [-0.15, -0.1) is 0 Å². The van der Waals surface area contributed by atoms with Crippen molar-refractivity contribution in [2.24, 2.45) is 0 Å². The van der Waals surface area contributed by atoms with Crippen LogP contribution in [0, 0.1) is 6.92 Å². The van der Waals surface area contributed by atoms with Crippen molar-refractivity contribution in [3.05, 3.63) is 34.7 Å². The number of nitrogens with zero attached hydrogens (tertiary/aromatic N) is 2. The number of nitrogens with one attached hydrogen (secondary N) is 2. The summed E-state index contributed by atoms with van der Waals surface area (Å²) in [5, 5.41) is 14.2. The van der Waals surface area contributed by atoms with Gasteiger partial charge >= 0.3 is 5.97 Å². The first-order valence-electron chi connectivity index (χ1n) is 5.24. The van der Waals surface area contributed by atoms with Gasteiger partial charge in [-0.3, -0.25) is 9.82 Å². The Kier molecular flexibility index (Phi) is 3.64. The van der Waals surface area contributed by atoms with Gasteiger partial charge in [0, 0.05) is 0 Å². The van der Waals surface area contributed by atoms with Crippen molar-refractivity contribution in [3.8, 4) is 0 Å². The zero-order chi connectivity index (χ0) is 14.9. The molecule has 3 N–H and O–H groups in total. The van der Waals surface area contributed by atoms with Crippen LogP contribution in [-0.2, 0) is 10.0 Å². The van der Waals surface area contributed by atoms with E-state index in [1.165, 1.54) is 12.1 Å². The standard InChI is InChI=1S/C10H9ClN4O4S/c1-5-7(2-3-8(11)13-5)15-20(18,19)9-6(10(16)17)4-12-14-9/h2-4,15H,1H3,(H,12,14)(H,16,17). The lowest BCUT2D eigenvalue weighted by Gasteiger charge is -2.09. The number of pyridine rings is 1. The van der Waals surface area contributed by atoms with E-state index in [0.717, 1.165) is 6.20 Å². The first-order chi connectivity index (χ1) is 9.31. The molecule has 20 heavy (non-hydrogen) atoms. The van der Waals surface area contributed by atoms with Gasteiger partial charge in [0.1, 0.15) is 10.7 Å². The lowest BCUT2D eigenvalue weighted by molar-refractivity contribution is 0.0692. The van der Waals surface area contributed by atoms with Gasteiger partial charge < -0.3 is 5.11 Å². The molecule has 8 nitrogen and oxygen atoms in total. The number of hydrogen-bond donors (Lipinski definition) is 3. The van der Waals surface area contributed by atoms with Gasteiger partial charge in [-0.25, -0.2) is 9.78 Å². The molecule has 2 aromatic rings. The Balaban J connectivity index is 2.41. The third-order valence-corrected chi connectivity index (χ3v) is 3.95. The maximum absolute atomic E-state index is 12.1. The van der Waals surface area contributed by atoms with Crippen molar-refractivity contribution < 1.29 is 18.3 Å². The van der Waals surface area contributed by atoms with Crippen molar-refractivity contribution in [3.63, 3.8) is 0 Å². The quantitative estimate of drug-likeness (QED) is 0.729. The minimum atomic E-state index is -4.11. The third kappa shape index (κ3) is 2.73. The zero-order valence-corrected chi connectivity index (χ0v) is 11.7. The van der Waals surface area contributed by atoms with Gasteiger partial charge in [0.25, 0.3) is 10.0 Å². The number of aromatic amines is 1. The molecule has 0 aliphatic carbocycles. The van der Waals surface area contributed by atoms with Crippen LogP contribution in [-0.4, -0.2) is 34.7 Å². The molecule has 0 saturated carbocycles. The summed E-state index contributed by atoms with van der Waals surface area (Å²) >= 11 is 5.67. The van der Waals surface area contributed by atoms with Crippen LogP contribution in [0.3, 0.4) is 0 Å². The number of rotatable bonds is 4. The molecule has 2 rings (SSSR count). The number of aromatic carboxylic acids is 1. The Morgan fingerprint density at radius 1 is 1.45 bits per heavy atom. The molecule has 2 heterocycles. The van der Waals surface area contributed by atoms with Crippen molar-refractivity contribution in [2.75, 3.05) is 4.72 Å². The summed E-state index contributed by atoms with van der Waals surface area (Å²) in [6.07, 6.45) is 0.921. The second kappa shape index (κ2) is 5.10. The molecule has 0 amide bonds. The van der Waals surface area contributed by atoms with Gasteiger partial charge in [-0.2, -0.15) is 13.5 Å². The Morgan fingerprint density at radius 3 is 2.75 bits per heavy atom. The monoisotopic (exact) mass is 316 g/mol. The molecular weight excluding hydrogens is 308 g/mol. The minimum Gasteiger partial charge on any atom is -0.478 e. The molecule has 0 aliphatic rings. The molecule has 0 aliphatic heterocycles. The average molecular weight is 317 g/mol. The van der Waals surface area contributed by atoms with Crippen LogP contribution in [0.2, 0.25) is 5.15 Å². The second-order valence-corrected chi connectivity index (χ2v) is 5.80. The molecule has 10 heteroatoms. The fourth-order valence-corrected chi connectivity index (χ4v) is 2.87. The van der Waals surface area contributed by atoms with Crippen molar-refractivity contribution >= 4 is 33.3 Å². The summed E-state index contributed by atoms with van der Waals surface area (Å²) in [7, 11) is -4.11. The lowest BCUT2D eigenvalue weighted by Crippen LogP contribution is -2.17. The largest absolute Gasteiger partial charge is 0.478 e. The first kappa shape index (κ1) is 14.3. The second-order valence-electron chi connectivity index (χ2n) is 3.79. The Morgan fingerprint density at radius 2 is 2.15 bits per heavy atom. The predicted molar refractivity (Wildman–Crippen MR) is 70.3 cm³/mol. The van der Waals surface area contributed by atoms with Gasteiger partial charge in [0.05, 0.1) is 17.6 Å². The van der Waals surface area contributed by atoms with Crippen molar-refractivity contribution in [2.45, 2.75) is 11.9 Å².